The lowest BCUT2D eigenvalue weighted by atomic mass is 9.89. The highest BCUT2D eigenvalue weighted by Gasteiger charge is 2.76. The second kappa shape index (κ2) is 13.5. The van der Waals surface area contributed by atoms with Crippen LogP contribution in [0.15, 0.2) is 0 Å². The van der Waals surface area contributed by atoms with Crippen molar-refractivity contribution in [3.8, 4) is 0 Å². The van der Waals surface area contributed by atoms with Gasteiger partial charge in [-0.2, -0.15) is 0 Å². The quantitative estimate of drug-likeness (QED) is 0.270. The van der Waals surface area contributed by atoms with Crippen molar-refractivity contribution < 1.29 is 28.5 Å². The predicted molar refractivity (Wildman–Crippen MR) is 129 cm³/mol. The third kappa shape index (κ3) is 5.15. The SMILES string of the molecule is CCCOCN1C(=O)N(COCCC)C2(CCC)N(COCCC)C(=O)N(COCCC)C12C. The molecule has 0 aromatic rings. The second-order valence-corrected chi connectivity index (χ2v) is 9.01. The summed E-state index contributed by atoms with van der Waals surface area (Å²) in [7, 11) is 0. The molecule has 2 aliphatic heterocycles. The van der Waals surface area contributed by atoms with Crippen LogP contribution in [0.5, 0.6) is 0 Å². The van der Waals surface area contributed by atoms with E-state index in [1.807, 2.05) is 34.6 Å². The summed E-state index contributed by atoms with van der Waals surface area (Å²) in [4.78, 5) is 34.5. The number of nitrogens with zero attached hydrogens (tertiary/aromatic N) is 4. The molecule has 2 rings (SSSR count). The van der Waals surface area contributed by atoms with E-state index in [0.717, 1.165) is 32.1 Å². The van der Waals surface area contributed by atoms with Crippen LogP contribution in [0.2, 0.25) is 0 Å². The zero-order chi connectivity index (χ0) is 25.2. The molecule has 0 aromatic carbocycles. The van der Waals surface area contributed by atoms with Crippen molar-refractivity contribution in [2.24, 2.45) is 0 Å². The molecule has 2 aliphatic rings. The number of rotatable bonds is 18. The first kappa shape index (κ1) is 28.6. The molecule has 0 saturated carbocycles. The highest BCUT2D eigenvalue weighted by atomic mass is 16.5. The van der Waals surface area contributed by atoms with Crippen LogP contribution < -0.4 is 0 Å². The van der Waals surface area contributed by atoms with E-state index in [4.69, 9.17) is 18.9 Å². The van der Waals surface area contributed by atoms with E-state index < -0.39 is 11.3 Å². The molecular weight excluding hydrogens is 440 g/mol. The van der Waals surface area contributed by atoms with Gasteiger partial charge in [-0.25, -0.2) is 9.59 Å². The maximum atomic E-state index is 13.9. The number of urea groups is 2. The van der Waals surface area contributed by atoms with Crippen molar-refractivity contribution in [2.75, 3.05) is 53.4 Å². The fraction of sp³-hybridized carbons (Fsp3) is 0.917. The van der Waals surface area contributed by atoms with E-state index in [1.165, 1.54) is 0 Å². The highest BCUT2D eigenvalue weighted by molar-refractivity contribution is 5.88. The smallest absolute Gasteiger partial charge is 0.327 e. The first-order valence-electron chi connectivity index (χ1n) is 12.9. The largest absolute Gasteiger partial charge is 0.361 e. The number of amides is 4. The molecule has 10 nitrogen and oxygen atoms in total. The molecule has 2 saturated heterocycles. The molecule has 10 heteroatoms. The summed E-state index contributed by atoms with van der Waals surface area (Å²) in [6.07, 6.45) is 4.67. The molecule has 0 aliphatic carbocycles. The van der Waals surface area contributed by atoms with Gasteiger partial charge in [0.1, 0.15) is 26.9 Å². The van der Waals surface area contributed by atoms with Crippen molar-refractivity contribution in [1.82, 2.24) is 19.6 Å². The fourth-order valence-corrected chi connectivity index (χ4v) is 4.96. The standard InChI is InChI=1S/C24H46N4O6/c1-7-12-24-23(6,25(17-31-13-8-2)21(29)27(24)19-33-15-10-4)26(18-32-14-9-3)22(30)28(24)20-34-16-11-5/h7-20H2,1-6H3. The van der Waals surface area contributed by atoms with Gasteiger partial charge >= 0.3 is 12.1 Å². The first-order valence-corrected chi connectivity index (χ1v) is 12.9. The van der Waals surface area contributed by atoms with Gasteiger partial charge in [0, 0.05) is 26.4 Å². The van der Waals surface area contributed by atoms with Crippen LogP contribution in [0.1, 0.15) is 80.1 Å². The van der Waals surface area contributed by atoms with Gasteiger partial charge in [0.05, 0.1) is 0 Å². The van der Waals surface area contributed by atoms with Crippen molar-refractivity contribution in [1.29, 1.82) is 0 Å². The predicted octanol–water partition coefficient (Wildman–Crippen LogP) is 4.21. The maximum Gasteiger partial charge on any atom is 0.327 e. The van der Waals surface area contributed by atoms with Gasteiger partial charge < -0.3 is 18.9 Å². The van der Waals surface area contributed by atoms with Crippen molar-refractivity contribution in [3.05, 3.63) is 0 Å². The van der Waals surface area contributed by atoms with Gasteiger partial charge in [-0.05, 0) is 39.0 Å². The molecule has 0 aromatic heterocycles. The summed E-state index contributed by atoms with van der Waals surface area (Å²) in [6, 6.07) is -0.423. The lowest BCUT2D eigenvalue weighted by Gasteiger charge is -2.47. The summed E-state index contributed by atoms with van der Waals surface area (Å²) in [5.41, 5.74) is -2.01. The Morgan fingerprint density at radius 3 is 1.18 bits per heavy atom. The average Bonchev–Trinajstić information content (AvgIpc) is 3.10. The Bertz CT molecular complexity index is 605. The number of hydrogen-bond acceptors (Lipinski definition) is 6. The van der Waals surface area contributed by atoms with Crippen LogP contribution in [0, 0.1) is 0 Å². The lowest BCUT2D eigenvalue weighted by Crippen LogP contribution is -2.67. The normalized spacial score (nSPS) is 24.6. The Labute approximate surface area is 205 Å². The summed E-state index contributed by atoms with van der Waals surface area (Å²) in [6.45, 7) is 14.6. The molecule has 0 bridgehead atoms. The van der Waals surface area contributed by atoms with Crippen LogP contribution in [0.25, 0.3) is 0 Å². The van der Waals surface area contributed by atoms with Gasteiger partial charge in [0.2, 0.25) is 0 Å². The van der Waals surface area contributed by atoms with Crippen molar-refractivity contribution in [2.45, 2.75) is 91.4 Å². The molecule has 0 unspecified atom stereocenters. The summed E-state index contributed by atoms with van der Waals surface area (Å²) in [5.74, 6) is 0. The summed E-state index contributed by atoms with van der Waals surface area (Å²) in [5, 5.41) is 0. The minimum absolute atomic E-state index is 0.0835. The minimum Gasteiger partial charge on any atom is -0.361 e. The Kier molecular flexibility index (Phi) is 11.3. The number of fused-ring (bicyclic) bond motifs is 1. The molecule has 34 heavy (non-hydrogen) atoms. The highest BCUT2D eigenvalue weighted by Crippen LogP contribution is 2.53. The average molecular weight is 487 g/mol. The zero-order valence-corrected chi connectivity index (χ0v) is 22.1. The van der Waals surface area contributed by atoms with Gasteiger partial charge in [-0.1, -0.05) is 41.0 Å². The molecule has 4 amide bonds. The maximum absolute atomic E-state index is 13.9. The van der Waals surface area contributed by atoms with Crippen molar-refractivity contribution in [3.63, 3.8) is 0 Å². The first-order chi connectivity index (χ1) is 16.4. The van der Waals surface area contributed by atoms with E-state index in [-0.39, 0.29) is 39.0 Å². The summed E-state index contributed by atoms with van der Waals surface area (Å²) >= 11 is 0. The molecule has 2 fully saturated rings. The third-order valence-corrected chi connectivity index (χ3v) is 6.50. The monoisotopic (exact) mass is 486 g/mol. The Balaban J connectivity index is 2.59. The minimum atomic E-state index is -1.02. The van der Waals surface area contributed by atoms with Gasteiger partial charge in [0.15, 0.2) is 11.3 Å². The van der Waals surface area contributed by atoms with Crippen LogP contribution >= 0.6 is 0 Å². The molecule has 0 N–H and O–H groups in total. The van der Waals surface area contributed by atoms with E-state index >= 15 is 0 Å². The molecule has 0 atom stereocenters. The van der Waals surface area contributed by atoms with Gasteiger partial charge in [-0.15, -0.1) is 0 Å². The topological polar surface area (TPSA) is 84.0 Å². The van der Waals surface area contributed by atoms with E-state index in [1.54, 1.807) is 19.6 Å². The number of carbonyl (C=O) groups is 2. The van der Waals surface area contributed by atoms with E-state index in [0.29, 0.717) is 32.8 Å². The lowest BCUT2D eigenvalue weighted by molar-refractivity contribution is -0.137. The third-order valence-electron chi connectivity index (χ3n) is 6.50. The van der Waals surface area contributed by atoms with Gasteiger partial charge in [-0.3, -0.25) is 19.6 Å². The van der Waals surface area contributed by atoms with Crippen LogP contribution in [0.3, 0.4) is 0 Å². The molecule has 0 spiro atoms. The zero-order valence-electron chi connectivity index (χ0n) is 22.1. The molecule has 198 valence electrons. The molecule has 0 radical (unpaired) electrons. The Hall–Kier alpha value is -1.62. The van der Waals surface area contributed by atoms with Crippen LogP contribution in [-0.4, -0.2) is 96.3 Å². The second-order valence-electron chi connectivity index (χ2n) is 9.01. The van der Waals surface area contributed by atoms with E-state index in [2.05, 4.69) is 6.92 Å². The van der Waals surface area contributed by atoms with Crippen LogP contribution in [-0.2, 0) is 18.9 Å². The van der Waals surface area contributed by atoms with Crippen LogP contribution in [0.4, 0.5) is 9.59 Å². The summed E-state index contributed by atoms with van der Waals surface area (Å²) < 4.78 is 23.5. The molecular formula is C24H46N4O6. The molecule has 2 heterocycles. The van der Waals surface area contributed by atoms with Crippen molar-refractivity contribution >= 4 is 12.1 Å². The van der Waals surface area contributed by atoms with E-state index in [9.17, 15) is 9.59 Å². The number of ether oxygens (including phenoxy) is 4. The Morgan fingerprint density at radius 2 is 0.882 bits per heavy atom. The Morgan fingerprint density at radius 1 is 0.559 bits per heavy atom. The number of hydrogen-bond donors (Lipinski definition) is 0. The number of carbonyl (C=O) groups excluding carboxylic acids is 2. The van der Waals surface area contributed by atoms with Gasteiger partial charge in [0.25, 0.3) is 0 Å². The fourth-order valence-electron chi connectivity index (χ4n) is 4.96.